The van der Waals surface area contributed by atoms with Crippen molar-refractivity contribution in [1.82, 2.24) is 0 Å². The molecule has 0 unspecified atom stereocenters. The maximum Gasteiger partial charge on any atom is 0.142 e. The molecule has 3 rings (SSSR count). The molecule has 1 aromatic carbocycles. The maximum absolute atomic E-state index is 5.99. The molecule has 1 fully saturated rings. The van der Waals surface area contributed by atoms with Crippen LogP contribution in [-0.2, 0) is 6.42 Å². The molecule has 0 atom stereocenters. The van der Waals surface area contributed by atoms with Gasteiger partial charge in [0.1, 0.15) is 5.75 Å². The van der Waals surface area contributed by atoms with Crippen molar-refractivity contribution in [3.05, 3.63) is 23.8 Å². The standard InChI is InChI=1S/C14H19NO/c1-14(7-3-8-14)10-16-12-5-2-4-11-6-9-15-13(11)12/h2,4-5,15H,3,6-10H2,1H3. The third kappa shape index (κ3) is 1.66. The van der Waals surface area contributed by atoms with Crippen LogP contribution in [0.1, 0.15) is 31.7 Å². The van der Waals surface area contributed by atoms with Crippen molar-refractivity contribution in [2.75, 3.05) is 18.5 Å². The van der Waals surface area contributed by atoms with Crippen LogP contribution in [0.5, 0.6) is 5.75 Å². The van der Waals surface area contributed by atoms with Gasteiger partial charge in [-0.15, -0.1) is 0 Å². The Kier molecular flexibility index (Phi) is 2.31. The van der Waals surface area contributed by atoms with E-state index in [1.165, 1.54) is 30.5 Å². The van der Waals surface area contributed by atoms with Crippen molar-refractivity contribution >= 4 is 5.69 Å². The van der Waals surface area contributed by atoms with E-state index >= 15 is 0 Å². The zero-order chi connectivity index (χ0) is 11.0. The van der Waals surface area contributed by atoms with E-state index in [0.717, 1.165) is 25.3 Å². The first kappa shape index (κ1) is 10.0. The molecule has 1 aliphatic carbocycles. The minimum Gasteiger partial charge on any atom is -0.491 e. The first-order valence-electron chi connectivity index (χ1n) is 6.25. The van der Waals surface area contributed by atoms with Crippen LogP contribution in [0.15, 0.2) is 18.2 Å². The molecule has 0 aromatic heterocycles. The number of benzene rings is 1. The van der Waals surface area contributed by atoms with E-state index in [2.05, 4.69) is 30.4 Å². The molecule has 2 heteroatoms. The topological polar surface area (TPSA) is 21.3 Å². The monoisotopic (exact) mass is 217 g/mol. The second-order valence-corrected chi connectivity index (χ2v) is 5.42. The van der Waals surface area contributed by atoms with Gasteiger partial charge in [0, 0.05) is 12.0 Å². The number of para-hydroxylation sites is 1. The molecule has 1 saturated carbocycles. The average Bonchev–Trinajstić information content (AvgIpc) is 2.72. The molecule has 0 amide bonds. The molecule has 0 bridgehead atoms. The molecule has 2 nitrogen and oxygen atoms in total. The van der Waals surface area contributed by atoms with E-state index in [-0.39, 0.29) is 0 Å². The molecule has 0 radical (unpaired) electrons. The molecule has 86 valence electrons. The number of rotatable bonds is 3. The first-order chi connectivity index (χ1) is 7.77. The van der Waals surface area contributed by atoms with Crippen molar-refractivity contribution in [3.8, 4) is 5.75 Å². The highest BCUT2D eigenvalue weighted by molar-refractivity contribution is 5.65. The predicted molar refractivity (Wildman–Crippen MR) is 66.1 cm³/mol. The summed E-state index contributed by atoms with van der Waals surface area (Å²) in [6.45, 7) is 4.24. The number of nitrogens with one attached hydrogen (secondary N) is 1. The fraction of sp³-hybridized carbons (Fsp3) is 0.571. The summed E-state index contributed by atoms with van der Waals surface area (Å²) < 4.78 is 5.99. The summed E-state index contributed by atoms with van der Waals surface area (Å²) in [4.78, 5) is 0. The molecule has 2 aliphatic rings. The lowest BCUT2D eigenvalue weighted by molar-refractivity contribution is 0.0780. The zero-order valence-corrected chi connectivity index (χ0v) is 9.88. The van der Waals surface area contributed by atoms with E-state index in [9.17, 15) is 0 Å². The number of ether oxygens (including phenoxy) is 1. The van der Waals surface area contributed by atoms with Gasteiger partial charge < -0.3 is 10.1 Å². The summed E-state index contributed by atoms with van der Waals surface area (Å²) in [7, 11) is 0. The first-order valence-corrected chi connectivity index (χ1v) is 6.25. The van der Waals surface area contributed by atoms with Crippen molar-refractivity contribution in [1.29, 1.82) is 0 Å². The SMILES string of the molecule is CC1(COc2cccc3c2NCC3)CCC1. The Morgan fingerprint density at radius 2 is 2.25 bits per heavy atom. The van der Waals surface area contributed by atoms with E-state index in [0.29, 0.717) is 5.41 Å². The van der Waals surface area contributed by atoms with Gasteiger partial charge in [-0.05, 0) is 30.9 Å². The van der Waals surface area contributed by atoms with Crippen LogP contribution in [0.4, 0.5) is 5.69 Å². The van der Waals surface area contributed by atoms with Gasteiger partial charge in [-0.2, -0.15) is 0 Å². The van der Waals surface area contributed by atoms with Gasteiger partial charge in [0.05, 0.1) is 12.3 Å². The highest BCUT2D eigenvalue weighted by Crippen LogP contribution is 2.41. The van der Waals surface area contributed by atoms with E-state index in [4.69, 9.17) is 4.74 Å². The molecule has 1 heterocycles. The van der Waals surface area contributed by atoms with Crippen molar-refractivity contribution in [2.24, 2.45) is 5.41 Å². The zero-order valence-electron chi connectivity index (χ0n) is 9.88. The van der Waals surface area contributed by atoms with Gasteiger partial charge in [0.15, 0.2) is 0 Å². The van der Waals surface area contributed by atoms with Crippen molar-refractivity contribution in [3.63, 3.8) is 0 Å². The van der Waals surface area contributed by atoms with Crippen LogP contribution in [0.3, 0.4) is 0 Å². The Bertz CT molecular complexity index is 396. The Balaban J connectivity index is 1.72. The Labute approximate surface area is 97.0 Å². The third-order valence-electron chi connectivity index (χ3n) is 3.95. The minimum atomic E-state index is 0.432. The Morgan fingerprint density at radius 3 is 3.00 bits per heavy atom. The van der Waals surface area contributed by atoms with Gasteiger partial charge in [-0.1, -0.05) is 25.5 Å². The summed E-state index contributed by atoms with van der Waals surface area (Å²) >= 11 is 0. The summed E-state index contributed by atoms with van der Waals surface area (Å²) in [5.74, 6) is 1.04. The lowest BCUT2D eigenvalue weighted by Crippen LogP contribution is -2.32. The number of anilines is 1. The lowest BCUT2D eigenvalue weighted by Gasteiger charge is -2.37. The van der Waals surface area contributed by atoms with E-state index < -0.39 is 0 Å². The fourth-order valence-electron chi connectivity index (χ4n) is 2.60. The normalized spacial score (nSPS) is 20.8. The molecule has 0 saturated heterocycles. The van der Waals surface area contributed by atoms with Gasteiger partial charge in [-0.25, -0.2) is 0 Å². The van der Waals surface area contributed by atoms with Gasteiger partial charge in [0.25, 0.3) is 0 Å². The molecular weight excluding hydrogens is 198 g/mol. The summed E-state index contributed by atoms with van der Waals surface area (Å²) in [6, 6.07) is 6.37. The van der Waals surface area contributed by atoms with Gasteiger partial charge in [-0.3, -0.25) is 0 Å². The molecule has 1 aliphatic heterocycles. The summed E-state index contributed by atoms with van der Waals surface area (Å²) in [5, 5.41) is 3.42. The fourth-order valence-corrected chi connectivity index (χ4v) is 2.60. The number of hydrogen-bond acceptors (Lipinski definition) is 2. The molecular formula is C14H19NO. The predicted octanol–water partition coefficient (Wildman–Crippen LogP) is 3.22. The largest absolute Gasteiger partial charge is 0.491 e. The molecule has 1 N–H and O–H groups in total. The van der Waals surface area contributed by atoms with Crippen molar-refractivity contribution in [2.45, 2.75) is 32.6 Å². The quantitative estimate of drug-likeness (QED) is 0.839. The van der Waals surface area contributed by atoms with Crippen LogP contribution < -0.4 is 10.1 Å². The Morgan fingerprint density at radius 1 is 1.38 bits per heavy atom. The number of fused-ring (bicyclic) bond motifs is 1. The smallest absolute Gasteiger partial charge is 0.142 e. The van der Waals surface area contributed by atoms with Gasteiger partial charge >= 0.3 is 0 Å². The lowest BCUT2D eigenvalue weighted by atomic mass is 9.71. The van der Waals surface area contributed by atoms with Crippen LogP contribution in [0.2, 0.25) is 0 Å². The van der Waals surface area contributed by atoms with Crippen LogP contribution >= 0.6 is 0 Å². The minimum absolute atomic E-state index is 0.432. The second kappa shape index (κ2) is 3.69. The molecule has 0 spiro atoms. The van der Waals surface area contributed by atoms with Gasteiger partial charge in [0.2, 0.25) is 0 Å². The molecule has 1 aromatic rings. The van der Waals surface area contributed by atoms with Crippen molar-refractivity contribution < 1.29 is 4.74 Å². The summed E-state index contributed by atoms with van der Waals surface area (Å²) in [6.07, 6.45) is 5.12. The van der Waals surface area contributed by atoms with Crippen LogP contribution in [0, 0.1) is 5.41 Å². The average molecular weight is 217 g/mol. The van der Waals surface area contributed by atoms with E-state index in [1.807, 2.05) is 0 Å². The third-order valence-corrected chi connectivity index (χ3v) is 3.95. The molecule has 16 heavy (non-hydrogen) atoms. The van der Waals surface area contributed by atoms with E-state index in [1.54, 1.807) is 0 Å². The maximum atomic E-state index is 5.99. The highest BCUT2D eigenvalue weighted by Gasteiger charge is 2.32. The Hall–Kier alpha value is -1.18. The second-order valence-electron chi connectivity index (χ2n) is 5.42. The number of hydrogen-bond donors (Lipinski definition) is 1. The highest BCUT2D eigenvalue weighted by atomic mass is 16.5. The summed E-state index contributed by atoms with van der Waals surface area (Å²) in [5.41, 5.74) is 3.06. The van der Waals surface area contributed by atoms with Crippen LogP contribution in [0.25, 0.3) is 0 Å². The van der Waals surface area contributed by atoms with Crippen LogP contribution in [-0.4, -0.2) is 13.2 Å².